The molecule has 0 saturated heterocycles. The predicted octanol–water partition coefficient (Wildman–Crippen LogP) is 4.48. The summed E-state index contributed by atoms with van der Waals surface area (Å²) in [5, 5.41) is 18.6. The van der Waals surface area contributed by atoms with E-state index < -0.39 is 17.5 Å². The molecule has 3 aromatic rings. The Labute approximate surface area is 176 Å². The van der Waals surface area contributed by atoms with Gasteiger partial charge in [0.1, 0.15) is 5.75 Å². The van der Waals surface area contributed by atoms with Crippen molar-refractivity contribution in [3.05, 3.63) is 82.8 Å². The Morgan fingerprint density at radius 3 is 2.52 bits per heavy atom. The molecule has 0 aliphatic rings. The van der Waals surface area contributed by atoms with E-state index >= 15 is 0 Å². The molecule has 0 bridgehead atoms. The maximum atomic E-state index is 13.2. The Kier molecular flexibility index (Phi) is 6.74. The summed E-state index contributed by atoms with van der Waals surface area (Å²) in [6, 6.07) is 9.81. The highest BCUT2D eigenvalue weighted by molar-refractivity contribution is 5.53. The minimum absolute atomic E-state index is 0.244. The quantitative estimate of drug-likeness (QED) is 0.483. The van der Waals surface area contributed by atoms with Crippen LogP contribution in [-0.4, -0.2) is 21.7 Å². The summed E-state index contributed by atoms with van der Waals surface area (Å²) < 4.78 is 45.2. The van der Waals surface area contributed by atoms with Gasteiger partial charge < -0.3 is 9.84 Å². The van der Waals surface area contributed by atoms with Gasteiger partial charge in [0.2, 0.25) is 5.88 Å². The molecule has 0 radical (unpaired) electrons. The van der Waals surface area contributed by atoms with Gasteiger partial charge in [-0.2, -0.15) is 18.4 Å². The number of nitriles is 1. The van der Waals surface area contributed by atoms with E-state index in [-0.39, 0.29) is 5.56 Å². The van der Waals surface area contributed by atoms with Crippen LogP contribution in [0.2, 0.25) is 0 Å². The summed E-state index contributed by atoms with van der Waals surface area (Å²) in [4.78, 5) is 7.91. The second-order valence-electron chi connectivity index (χ2n) is 6.46. The summed E-state index contributed by atoms with van der Waals surface area (Å²) in [7, 11) is 0. The molecule has 8 heteroatoms. The number of aromatic hydroxyl groups is 1. The van der Waals surface area contributed by atoms with E-state index in [4.69, 9.17) is 10.00 Å². The lowest BCUT2D eigenvalue weighted by molar-refractivity contribution is -0.137. The van der Waals surface area contributed by atoms with Crippen LogP contribution in [-0.2, 0) is 12.6 Å². The van der Waals surface area contributed by atoms with Crippen LogP contribution < -0.4 is 4.74 Å². The molecular weight excluding hydrogens is 407 g/mol. The molecule has 0 aliphatic heterocycles. The second-order valence-corrected chi connectivity index (χ2v) is 6.46. The first-order valence-electron chi connectivity index (χ1n) is 9.21. The lowest BCUT2D eigenvalue weighted by Gasteiger charge is -2.09. The average Bonchev–Trinajstić information content (AvgIpc) is 2.76. The van der Waals surface area contributed by atoms with E-state index in [2.05, 4.69) is 21.8 Å². The number of aryl methyl sites for hydroxylation is 1. The largest absolute Gasteiger partial charge is 0.508 e. The molecule has 0 unspecified atom stereocenters. The van der Waals surface area contributed by atoms with Crippen molar-refractivity contribution in [2.45, 2.75) is 19.0 Å². The van der Waals surface area contributed by atoms with Crippen LogP contribution in [0.1, 0.15) is 34.2 Å². The second kappa shape index (κ2) is 9.64. The summed E-state index contributed by atoms with van der Waals surface area (Å²) in [6.07, 6.45) is 0.965. The highest BCUT2D eigenvalue weighted by Crippen LogP contribution is 2.33. The van der Waals surface area contributed by atoms with Gasteiger partial charge in [-0.15, -0.1) is 0 Å². The summed E-state index contributed by atoms with van der Waals surface area (Å²) >= 11 is 0. The zero-order chi connectivity index (χ0) is 22.3. The molecule has 0 aliphatic carbocycles. The number of benzene rings is 2. The molecule has 1 heterocycles. The number of phenols is 1. The minimum atomic E-state index is -4.64. The molecule has 2 aromatic carbocycles. The van der Waals surface area contributed by atoms with Gasteiger partial charge in [0.15, 0.2) is 0 Å². The van der Waals surface area contributed by atoms with E-state index in [1.165, 1.54) is 18.6 Å². The number of hydrogen-bond acceptors (Lipinski definition) is 5. The first-order chi connectivity index (χ1) is 14.9. The molecule has 0 atom stereocenters. The van der Waals surface area contributed by atoms with Gasteiger partial charge in [-0.3, -0.25) is 4.98 Å². The normalized spacial score (nSPS) is 10.6. The standard InChI is InChI=1S/C23H16F3N3O2/c24-23(25,26)21-13-20(30)8-7-18(21)6-5-17-4-3-16(14-27)12-19(17)2-1-11-31-22-15-28-9-10-29-22/h3-4,7-10,12-13,15,30H,1-2,11H2. The van der Waals surface area contributed by atoms with Crippen LogP contribution in [0, 0.1) is 23.2 Å². The van der Waals surface area contributed by atoms with E-state index in [9.17, 15) is 18.3 Å². The first kappa shape index (κ1) is 21.7. The van der Waals surface area contributed by atoms with Crippen molar-refractivity contribution in [3.8, 4) is 29.5 Å². The summed E-state index contributed by atoms with van der Waals surface area (Å²) in [5.74, 6) is 5.21. The minimum Gasteiger partial charge on any atom is -0.508 e. The molecule has 0 saturated carbocycles. The fourth-order valence-electron chi connectivity index (χ4n) is 2.80. The fraction of sp³-hybridized carbons (Fsp3) is 0.174. The molecule has 1 N–H and O–H groups in total. The van der Waals surface area contributed by atoms with Crippen molar-refractivity contribution in [3.63, 3.8) is 0 Å². The van der Waals surface area contributed by atoms with Gasteiger partial charge in [-0.1, -0.05) is 11.8 Å². The molecule has 0 amide bonds. The van der Waals surface area contributed by atoms with E-state index in [0.29, 0.717) is 42.5 Å². The van der Waals surface area contributed by atoms with Gasteiger partial charge in [-0.05, 0) is 54.8 Å². The Balaban J connectivity index is 1.81. The number of aromatic nitrogens is 2. The molecule has 156 valence electrons. The highest BCUT2D eigenvalue weighted by atomic mass is 19.4. The number of halogens is 3. The van der Waals surface area contributed by atoms with Crippen molar-refractivity contribution >= 4 is 0 Å². The Morgan fingerprint density at radius 2 is 1.81 bits per heavy atom. The molecule has 3 rings (SSSR count). The van der Waals surface area contributed by atoms with Crippen LogP contribution >= 0.6 is 0 Å². The zero-order valence-electron chi connectivity index (χ0n) is 16.1. The van der Waals surface area contributed by atoms with Gasteiger partial charge in [-0.25, -0.2) is 4.98 Å². The van der Waals surface area contributed by atoms with Crippen molar-refractivity contribution in [2.24, 2.45) is 0 Å². The number of nitrogens with zero attached hydrogens (tertiary/aromatic N) is 3. The number of alkyl halides is 3. The van der Waals surface area contributed by atoms with Crippen molar-refractivity contribution in [2.75, 3.05) is 6.61 Å². The topological polar surface area (TPSA) is 79.0 Å². The van der Waals surface area contributed by atoms with E-state index in [1.807, 2.05) is 6.07 Å². The maximum Gasteiger partial charge on any atom is 0.417 e. The van der Waals surface area contributed by atoms with Gasteiger partial charge in [0.05, 0.1) is 30.0 Å². The molecule has 31 heavy (non-hydrogen) atoms. The Bertz CT molecular complexity index is 1160. The lowest BCUT2D eigenvalue weighted by atomic mass is 9.99. The number of phenolic OH excluding ortho intramolecular Hbond substituents is 1. The smallest absolute Gasteiger partial charge is 0.417 e. The molecule has 0 fully saturated rings. The SMILES string of the molecule is N#Cc1ccc(C#Cc2ccc(O)cc2C(F)(F)F)c(CCCOc2cnccn2)c1. The number of ether oxygens (including phenoxy) is 1. The fourth-order valence-corrected chi connectivity index (χ4v) is 2.80. The van der Waals surface area contributed by atoms with Crippen LogP contribution in [0.15, 0.2) is 55.0 Å². The molecule has 0 spiro atoms. The van der Waals surface area contributed by atoms with Crippen LogP contribution in [0.25, 0.3) is 0 Å². The first-order valence-corrected chi connectivity index (χ1v) is 9.21. The Hall–Kier alpha value is -4.04. The van der Waals surface area contributed by atoms with Crippen LogP contribution in [0.5, 0.6) is 11.6 Å². The summed E-state index contributed by atoms with van der Waals surface area (Å²) in [5.41, 5.74) is 0.413. The van der Waals surface area contributed by atoms with Crippen molar-refractivity contribution in [1.29, 1.82) is 5.26 Å². The highest BCUT2D eigenvalue weighted by Gasteiger charge is 2.33. The number of rotatable bonds is 5. The molecular formula is C23H16F3N3O2. The third kappa shape index (κ3) is 5.97. The molecule has 1 aromatic heterocycles. The monoisotopic (exact) mass is 423 g/mol. The Morgan fingerprint density at radius 1 is 1.03 bits per heavy atom. The average molecular weight is 423 g/mol. The van der Waals surface area contributed by atoms with Gasteiger partial charge in [0.25, 0.3) is 0 Å². The number of hydrogen-bond donors (Lipinski definition) is 1. The van der Waals surface area contributed by atoms with Crippen molar-refractivity contribution < 1.29 is 23.0 Å². The van der Waals surface area contributed by atoms with Crippen LogP contribution in [0.4, 0.5) is 13.2 Å². The van der Waals surface area contributed by atoms with Crippen molar-refractivity contribution in [1.82, 2.24) is 9.97 Å². The lowest BCUT2D eigenvalue weighted by Crippen LogP contribution is -2.07. The third-order valence-electron chi connectivity index (χ3n) is 4.25. The molecule has 5 nitrogen and oxygen atoms in total. The van der Waals surface area contributed by atoms with Crippen LogP contribution in [0.3, 0.4) is 0 Å². The summed E-state index contributed by atoms with van der Waals surface area (Å²) in [6.45, 7) is 0.346. The van der Waals surface area contributed by atoms with Gasteiger partial charge in [0, 0.05) is 23.5 Å². The zero-order valence-corrected chi connectivity index (χ0v) is 16.1. The predicted molar refractivity (Wildman–Crippen MR) is 106 cm³/mol. The van der Waals surface area contributed by atoms with E-state index in [0.717, 1.165) is 17.7 Å². The maximum absolute atomic E-state index is 13.2. The van der Waals surface area contributed by atoms with Gasteiger partial charge >= 0.3 is 6.18 Å². The third-order valence-corrected chi connectivity index (χ3v) is 4.25. The van der Waals surface area contributed by atoms with E-state index in [1.54, 1.807) is 18.2 Å².